The summed E-state index contributed by atoms with van der Waals surface area (Å²) in [5.41, 5.74) is 1.37. The van der Waals surface area contributed by atoms with E-state index < -0.39 is 17.3 Å². The molecule has 6 heteroatoms. The number of furan rings is 1. The minimum absolute atomic E-state index is 0.113. The normalized spacial score (nSPS) is 11.1. The van der Waals surface area contributed by atoms with Crippen molar-refractivity contribution in [1.82, 2.24) is 4.98 Å². The Morgan fingerprint density at radius 1 is 1.12 bits per heavy atom. The van der Waals surface area contributed by atoms with Crippen LogP contribution in [0.15, 0.2) is 57.7 Å². The predicted octanol–water partition coefficient (Wildman–Crippen LogP) is 3.97. The molecular weight excluding hydrogens is 323 g/mol. The van der Waals surface area contributed by atoms with Gasteiger partial charge in [-0.15, -0.1) is 0 Å². The van der Waals surface area contributed by atoms with Crippen LogP contribution in [0.1, 0.15) is 16.1 Å². The highest BCUT2D eigenvalue weighted by Gasteiger charge is 2.13. The Kier molecular flexibility index (Phi) is 3.39. The maximum atomic E-state index is 13.6. The van der Waals surface area contributed by atoms with Gasteiger partial charge in [0, 0.05) is 28.0 Å². The van der Waals surface area contributed by atoms with Gasteiger partial charge in [-0.25, -0.2) is 4.39 Å². The van der Waals surface area contributed by atoms with Crippen molar-refractivity contribution in [1.29, 1.82) is 0 Å². The van der Waals surface area contributed by atoms with E-state index in [4.69, 9.17) is 4.42 Å². The van der Waals surface area contributed by atoms with E-state index in [1.54, 1.807) is 18.2 Å². The lowest BCUT2D eigenvalue weighted by Gasteiger charge is -2.08. The molecule has 0 aliphatic rings. The topological polar surface area (TPSA) is 75.1 Å². The molecule has 0 bridgehead atoms. The Balaban J connectivity index is 1.76. The van der Waals surface area contributed by atoms with Gasteiger partial charge in [-0.1, -0.05) is 0 Å². The first kappa shape index (κ1) is 15.1. The minimum Gasteiger partial charge on any atom is -0.461 e. The Morgan fingerprint density at radius 2 is 1.96 bits per heavy atom. The summed E-state index contributed by atoms with van der Waals surface area (Å²) in [7, 11) is 0. The second-order valence-electron chi connectivity index (χ2n) is 5.80. The molecule has 5 nitrogen and oxygen atoms in total. The van der Waals surface area contributed by atoms with Gasteiger partial charge < -0.3 is 14.7 Å². The van der Waals surface area contributed by atoms with Crippen molar-refractivity contribution in [3.63, 3.8) is 0 Å². The predicted molar refractivity (Wildman–Crippen MR) is 93.4 cm³/mol. The number of carbonyl (C=O) groups is 1. The number of nitrogens with one attached hydrogen (secondary N) is 2. The van der Waals surface area contributed by atoms with Gasteiger partial charge in [-0.3, -0.25) is 9.59 Å². The molecule has 0 unspecified atom stereocenters. The summed E-state index contributed by atoms with van der Waals surface area (Å²) in [6.07, 6.45) is 0. The molecule has 2 heterocycles. The standard InChI is InChI=1S/C19H13FN2O3/c1-10-6-11-7-13(3-5-17(11)25-10)21-19(24)15-9-18(23)22-16-4-2-12(20)8-14(15)16/h2-9H,1H3,(H,21,24)(H,22,23). The highest BCUT2D eigenvalue weighted by atomic mass is 19.1. The molecular formula is C19H13FN2O3. The SMILES string of the molecule is Cc1cc2cc(NC(=O)c3cc(=O)[nH]c4ccc(F)cc34)ccc2o1. The third-order valence-corrected chi connectivity index (χ3v) is 3.95. The highest BCUT2D eigenvalue weighted by molar-refractivity contribution is 6.12. The van der Waals surface area contributed by atoms with Crippen molar-refractivity contribution < 1.29 is 13.6 Å². The average Bonchev–Trinajstić information content (AvgIpc) is 2.93. The van der Waals surface area contributed by atoms with E-state index in [2.05, 4.69) is 10.3 Å². The van der Waals surface area contributed by atoms with Crippen molar-refractivity contribution in [3.05, 3.63) is 76.0 Å². The maximum absolute atomic E-state index is 13.6. The Bertz CT molecular complexity index is 1190. The van der Waals surface area contributed by atoms with Crippen molar-refractivity contribution in [2.45, 2.75) is 6.92 Å². The fourth-order valence-corrected chi connectivity index (χ4v) is 2.87. The van der Waals surface area contributed by atoms with Crippen LogP contribution in [0.25, 0.3) is 21.9 Å². The quantitative estimate of drug-likeness (QED) is 0.581. The summed E-state index contributed by atoms with van der Waals surface area (Å²) in [5.74, 6) is -0.195. The number of H-pyrrole nitrogens is 1. The molecule has 0 fully saturated rings. The number of amides is 1. The molecule has 124 valence electrons. The number of benzene rings is 2. The smallest absolute Gasteiger partial charge is 0.256 e. The van der Waals surface area contributed by atoms with E-state index in [1.807, 2.05) is 13.0 Å². The number of anilines is 1. The molecule has 25 heavy (non-hydrogen) atoms. The van der Waals surface area contributed by atoms with Crippen molar-refractivity contribution in [2.24, 2.45) is 0 Å². The zero-order chi connectivity index (χ0) is 17.6. The molecule has 0 spiro atoms. The van der Waals surface area contributed by atoms with Crippen LogP contribution in [0.3, 0.4) is 0 Å². The van der Waals surface area contributed by atoms with E-state index >= 15 is 0 Å². The van der Waals surface area contributed by atoms with Crippen molar-refractivity contribution in [2.75, 3.05) is 5.32 Å². The number of fused-ring (bicyclic) bond motifs is 2. The molecule has 0 aliphatic heterocycles. The summed E-state index contributed by atoms with van der Waals surface area (Å²) in [4.78, 5) is 27.0. The average molecular weight is 336 g/mol. The molecule has 2 N–H and O–H groups in total. The molecule has 0 aliphatic carbocycles. The number of aromatic amines is 1. The van der Waals surface area contributed by atoms with Gasteiger partial charge in [0.2, 0.25) is 5.56 Å². The van der Waals surface area contributed by atoms with Crippen molar-refractivity contribution >= 4 is 33.5 Å². The fourth-order valence-electron chi connectivity index (χ4n) is 2.87. The van der Waals surface area contributed by atoms with Gasteiger partial charge in [0.25, 0.3) is 5.91 Å². The number of rotatable bonds is 2. The van der Waals surface area contributed by atoms with Gasteiger partial charge in [0.1, 0.15) is 17.2 Å². The van der Waals surface area contributed by atoms with Crippen LogP contribution in [0.4, 0.5) is 10.1 Å². The van der Waals surface area contributed by atoms with Crippen LogP contribution in [-0.4, -0.2) is 10.9 Å². The third-order valence-electron chi connectivity index (χ3n) is 3.95. The zero-order valence-corrected chi connectivity index (χ0v) is 13.2. The summed E-state index contributed by atoms with van der Waals surface area (Å²) in [6, 6.07) is 12.2. The van der Waals surface area contributed by atoms with Crippen molar-refractivity contribution in [3.8, 4) is 0 Å². The molecule has 2 aromatic heterocycles. The second kappa shape index (κ2) is 5.59. The number of hydrogen-bond donors (Lipinski definition) is 2. The number of halogens is 1. The molecule has 0 saturated heterocycles. The van der Waals surface area contributed by atoms with Gasteiger partial charge >= 0.3 is 0 Å². The van der Waals surface area contributed by atoms with Crippen LogP contribution >= 0.6 is 0 Å². The van der Waals surface area contributed by atoms with E-state index in [1.165, 1.54) is 18.2 Å². The zero-order valence-electron chi connectivity index (χ0n) is 13.2. The molecule has 1 amide bonds. The van der Waals surface area contributed by atoms with Gasteiger partial charge in [0.15, 0.2) is 0 Å². The van der Waals surface area contributed by atoms with Gasteiger partial charge in [0.05, 0.1) is 5.56 Å². The molecule has 0 saturated carbocycles. The van der Waals surface area contributed by atoms with E-state index in [0.717, 1.165) is 22.8 Å². The van der Waals surface area contributed by atoms with Crippen LogP contribution < -0.4 is 10.9 Å². The summed E-state index contributed by atoms with van der Waals surface area (Å²) < 4.78 is 19.0. The third kappa shape index (κ3) is 2.78. The molecule has 0 atom stereocenters. The van der Waals surface area contributed by atoms with E-state index in [-0.39, 0.29) is 5.56 Å². The lowest BCUT2D eigenvalue weighted by Crippen LogP contribution is -2.17. The maximum Gasteiger partial charge on any atom is 0.256 e. The van der Waals surface area contributed by atoms with Crippen LogP contribution in [0.5, 0.6) is 0 Å². The molecule has 4 rings (SSSR count). The highest BCUT2D eigenvalue weighted by Crippen LogP contribution is 2.24. The lowest BCUT2D eigenvalue weighted by molar-refractivity contribution is 0.102. The number of aromatic nitrogens is 1. The summed E-state index contributed by atoms with van der Waals surface area (Å²) in [6.45, 7) is 1.84. The van der Waals surface area contributed by atoms with Crippen LogP contribution in [0, 0.1) is 12.7 Å². The minimum atomic E-state index is -0.485. The summed E-state index contributed by atoms with van der Waals surface area (Å²) >= 11 is 0. The van der Waals surface area contributed by atoms with Gasteiger partial charge in [-0.05, 0) is 49.4 Å². The fraction of sp³-hybridized carbons (Fsp3) is 0.0526. The number of pyridine rings is 1. The van der Waals surface area contributed by atoms with Gasteiger partial charge in [-0.2, -0.15) is 0 Å². The first-order chi connectivity index (χ1) is 12.0. The second-order valence-corrected chi connectivity index (χ2v) is 5.80. The van der Waals surface area contributed by atoms with E-state index in [9.17, 15) is 14.0 Å². The molecule has 0 radical (unpaired) electrons. The Hall–Kier alpha value is -3.41. The lowest BCUT2D eigenvalue weighted by atomic mass is 10.1. The Morgan fingerprint density at radius 3 is 2.80 bits per heavy atom. The first-order valence-electron chi connectivity index (χ1n) is 7.64. The number of aryl methyl sites for hydroxylation is 1. The van der Waals surface area contributed by atoms with Crippen LogP contribution in [-0.2, 0) is 0 Å². The monoisotopic (exact) mass is 336 g/mol. The summed E-state index contributed by atoms with van der Waals surface area (Å²) in [5, 5.41) is 3.95. The first-order valence-corrected chi connectivity index (χ1v) is 7.64. The number of hydrogen-bond acceptors (Lipinski definition) is 3. The Labute approximate surface area is 141 Å². The largest absolute Gasteiger partial charge is 0.461 e. The molecule has 4 aromatic rings. The van der Waals surface area contributed by atoms with Crippen LogP contribution in [0.2, 0.25) is 0 Å². The molecule has 2 aromatic carbocycles. The van der Waals surface area contributed by atoms with E-state index in [0.29, 0.717) is 16.6 Å². The number of carbonyl (C=O) groups excluding carboxylic acids is 1.